The lowest BCUT2D eigenvalue weighted by molar-refractivity contribution is 0.0728. The van der Waals surface area contributed by atoms with Crippen molar-refractivity contribution in [3.8, 4) is 5.75 Å². The minimum Gasteiger partial charge on any atom is -0.422 e. The molecule has 1 aromatic carbocycles. The molecule has 5 heteroatoms. The number of carbonyl (C=O) groups excluding carboxylic acids is 1. The van der Waals surface area contributed by atoms with E-state index >= 15 is 0 Å². The highest BCUT2D eigenvalue weighted by atomic mass is 32.1. The van der Waals surface area contributed by atoms with Gasteiger partial charge in [-0.1, -0.05) is 22.7 Å². The Morgan fingerprint density at radius 1 is 1.33 bits per heavy atom. The second kappa shape index (κ2) is 4.18. The lowest BCUT2D eigenvalue weighted by atomic mass is 10.3. The molecule has 0 aliphatic rings. The van der Waals surface area contributed by atoms with Gasteiger partial charge in [-0.2, -0.15) is 0 Å². The average molecular weight is 220 g/mol. The third-order valence-corrected chi connectivity index (χ3v) is 2.43. The molecule has 2 rings (SSSR count). The minimum absolute atomic E-state index is 0.281. The van der Waals surface area contributed by atoms with Gasteiger partial charge in [0.1, 0.15) is 5.75 Å². The van der Waals surface area contributed by atoms with E-state index in [4.69, 9.17) is 4.74 Å². The van der Waals surface area contributed by atoms with Crippen LogP contribution in [-0.4, -0.2) is 15.6 Å². The standard InChI is InChI=1S/C10H8N2O2S/c1-7-9(11-12-15-7)10(13)14-8-5-3-2-4-6-8/h2-6H,1H3. The summed E-state index contributed by atoms with van der Waals surface area (Å²) in [7, 11) is 0. The summed E-state index contributed by atoms with van der Waals surface area (Å²) in [5.41, 5.74) is 0.281. The Balaban J connectivity index is 2.15. The maximum absolute atomic E-state index is 11.6. The molecule has 0 saturated carbocycles. The predicted molar refractivity (Wildman–Crippen MR) is 56.0 cm³/mol. The van der Waals surface area contributed by atoms with Crippen molar-refractivity contribution >= 4 is 17.5 Å². The van der Waals surface area contributed by atoms with E-state index in [1.165, 1.54) is 11.5 Å². The topological polar surface area (TPSA) is 52.1 Å². The monoisotopic (exact) mass is 220 g/mol. The molecule has 0 amide bonds. The Morgan fingerprint density at radius 3 is 2.67 bits per heavy atom. The van der Waals surface area contributed by atoms with Crippen LogP contribution in [0.3, 0.4) is 0 Å². The van der Waals surface area contributed by atoms with Gasteiger partial charge in [0.25, 0.3) is 0 Å². The molecular formula is C10H8N2O2S. The molecule has 0 fully saturated rings. The van der Waals surface area contributed by atoms with E-state index in [2.05, 4.69) is 9.59 Å². The van der Waals surface area contributed by atoms with Crippen LogP contribution in [-0.2, 0) is 0 Å². The van der Waals surface area contributed by atoms with Gasteiger partial charge in [0.05, 0.1) is 4.88 Å². The summed E-state index contributed by atoms with van der Waals surface area (Å²) in [6.07, 6.45) is 0. The highest BCUT2D eigenvalue weighted by Crippen LogP contribution is 2.14. The van der Waals surface area contributed by atoms with Crippen molar-refractivity contribution in [1.82, 2.24) is 9.59 Å². The first-order valence-electron chi connectivity index (χ1n) is 4.33. The van der Waals surface area contributed by atoms with E-state index in [0.29, 0.717) is 5.75 Å². The Hall–Kier alpha value is -1.75. The Labute approximate surface area is 90.7 Å². The summed E-state index contributed by atoms with van der Waals surface area (Å²) >= 11 is 1.18. The SMILES string of the molecule is Cc1snnc1C(=O)Oc1ccccc1. The zero-order valence-electron chi connectivity index (χ0n) is 8.01. The van der Waals surface area contributed by atoms with Gasteiger partial charge in [-0.15, -0.1) is 5.10 Å². The summed E-state index contributed by atoms with van der Waals surface area (Å²) in [6, 6.07) is 8.89. The summed E-state index contributed by atoms with van der Waals surface area (Å²) in [5.74, 6) is 0.0438. The second-order valence-corrected chi connectivity index (χ2v) is 3.84. The van der Waals surface area contributed by atoms with Gasteiger partial charge in [0.15, 0.2) is 5.69 Å². The second-order valence-electron chi connectivity index (χ2n) is 2.88. The molecule has 0 unspecified atom stereocenters. The lowest BCUT2D eigenvalue weighted by Gasteiger charge is -2.00. The number of rotatable bonds is 2. The normalized spacial score (nSPS) is 9.93. The molecule has 0 aliphatic carbocycles. The highest BCUT2D eigenvalue weighted by Gasteiger charge is 2.15. The van der Waals surface area contributed by atoms with Crippen LogP contribution in [0.5, 0.6) is 5.75 Å². The smallest absolute Gasteiger partial charge is 0.365 e. The van der Waals surface area contributed by atoms with E-state index in [1.54, 1.807) is 31.2 Å². The quantitative estimate of drug-likeness (QED) is 0.574. The van der Waals surface area contributed by atoms with Gasteiger partial charge in [-0.25, -0.2) is 4.79 Å². The molecule has 0 atom stereocenters. The first-order chi connectivity index (χ1) is 7.27. The van der Waals surface area contributed by atoms with Crippen LogP contribution in [0.2, 0.25) is 0 Å². The lowest BCUT2D eigenvalue weighted by Crippen LogP contribution is -2.10. The molecule has 0 bridgehead atoms. The number of benzene rings is 1. The van der Waals surface area contributed by atoms with Crippen molar-refractivity contribution in [3.63, 3.8) is 0 Å². The van der Waals surface area contributed by atoms with Gasteiger partial charge in [0, 0.05) is 0 Å². The van der Waals surface area contributed by atoms with E-state index in [0.717, 1.165) is 4.88 Å². The third-order valence-electron chi connectivity index (χ3n) is 1.80. The molecule has 1 heterocycles. The predicted octanol–water partition coefficient (Wildman–Crippen LogP) is 2.07. The fraction of sp³-hybridized carbons (Fsp3) is 0.100. The average Bonchev–Trinajstić information content (AvgIpc) is 2.66. The summed E-state index contributed by atoms with van der Waals surface area (Å²) in [5, 5.41) is 3.71. The maximum atomic E-state index is 11.6. The Morgan fingerprint density at radius 2 is 2.07 bits per heavy atom. The Bertz CT molecular complexity index is 467. The zero-order valence-corrected chi connectivity index (χ0v) is 8.82. The summed E-state index contributed by atoms with van der Waals surface area (Å²) in [6.45, 7) is 1.78. The van der Waals surface area contributed by atoms with Crippen LogP contribution < -0.4 is 4.74 Å². The van der Waals surface area contributed by atoms with Crippen molar-refractivity contribution in [2.45, 2.75) is 6.92 Å². The first-order valence-corrected chi connectivity index (χ1v) is 5.11. The van der Waals surface area contributed by atoms with Gasteiger partial charge in [-0.3, -0.25) is 0 Å². The molecule has 0 saturated heterocycles. The number of aryl methyl sites for hydroxylation is 1. The van der Waals surface area contributed by atoms with E-state index in [9.17, 15) is 4.79 Å². The highest BCUT2D eigenvalue weighted by molar-refractivity contribution is 7.05. The first kappa shape index (κ1) is 9.79. The molecule has 0 N–H and O–H groups in total. The summed E-state index contributed by atoms with van der Waals surface area (Å²) in [4.78, 5) is 12.3. The molecule has 15 heavy (non-hydrogen) atoms. The molecule has 0 aliphatic heterocycles. The van der Waals surface area contributed by atoms with Crippen molar-refractivity contribution in [2.24, 2.45) is 0 Å². The number of carbonyl (C=O) groups is 1. The number of para-hydroxylation sites is 1. The zero-order chi connectivity index (χ0) is 10.7. The fourth-order valence-corrected chi connectivity index (χ4v) is 1.52. The molecule has 76 valence electrons. The molecule has 2 aromatic rings. The van der Waals surface area contributed by atoms with Gasteiger partial charge >= 0.3 is 5.97 Å². The van der Waals surface area contributed by atoms with E-state index in [-0.39, 0.29) is 5.69 Å². The van der Waals surface area contributed by atoms with Crippen molar-refractivity contribution in [2.75, 3.05) is 0 Å². The minimum atomic E-state index is -0.465. The van der Waals surface area contributed by atoms with Crippen LogP contribution in [0.1, 0.15) is 15.4 Å². The van der Waals surface area contributed by atoms with Crippen LogP contribution in [0.25, 0.3) is 0 Å². The third kappa shape index (κ3) is 2.19. The maximum Gasteiger partial charge on any atom is 0.365 e. The van der Waals surface area contributed by atoms with Crippen molar-refractivity contribution < 1.29 is 9.53 Å². The molecular weight excluding hydrogens is 212 g/mol. The van der Waals surface area contributed by atoms with Gasteiger partial charge in [0.2, 0.25) is 0 Å². The number of hydrogen-bond acceptors (Lipinski definition) is 5. The van der Waals surface area contributed by atoms with Crippen LogP contribution in [0, 0.1) is 6.92 Å². The van der Waals surface area contributed by atoms with Crippen molar-refractivity contribution in [1.29, 1.82) is 0 Å². The number of hydrogen-bond donors (Lipinski definition) is 0. The summed E-state index contributed by atoms with van der Waals surface area (Å²) < 4.78 is 8.78. The van der Waals surface area contributed by atoms with Crippen molar-refractivity contribution in [3.05, 3.63) is 40.9 Å². The van der Waals surface area contributed by atoms with Crippen LogP contribution in [0.4, 0.5) is 0 Å². The van der Waals surface area contributed by atoms with Crippen LogP contribution in [0.15, 0.2) is 30.3 Å². The molecule has 4 nitrogen and oxygen atoms in total. The van der Waals surface area contributed by atoms with Crippen LogP contribution >= 0.6 is 11.5 Å². The Kier molecular flexibility index (Phi) is 2.73. The molecule has 1 aromatic heterocycles. The molecule has 0 radical (unpaired) electrons. The fourth-order valence-electron chi connectivity index (χ4n) is 1.06. The largest absolute Gasteiger partial charge is 0.422 e. The molecule has 0 spiro atoms. The number of esters is 1. The van der Waals surface area contributed by atoms with Gasteiger partial charge in [-0.05, 0) is 30.6 Å². The van der Waals surface area contributed by atoms with E-state index in [1.807, 2.05) is 6.07 Å². The van der Waals surface area contributed by atoms with Gasteiger partial charge < -0.3 is 4.74 Å². The number of nitrogens with zero attached hydrogens (tertiary/aromatic N) is 2. The van der Waals surface area contributed by atoms with E-state index < -0.39 is 5.97 Å². The number of aromatic nitrogens is 2. The number of ether oxygens (including phenoxy) is 1.